The Labute approximate surface area is 135 Å². The van der Waals surface area contributed by atoms with E-state index in [2.05, 4.69) is 14.9 Å². The smallest absolute Gasteiger partial charge is 0.242 e. The van der Waals surface area contributed by atoms with E-state index in [9.17, 15) is 8.42 Å². The summed E-state index contributed by atoms with van der Waals surface area (Å²) < 4.78 is 35.9. The van der Waals surface area contributed by atoms with Crippen molar-refractivity contribution < 1.29 is 17.7 Å². The van der Waals surface area contributed by atoms with Crippen molar-refractivity contribution in [1.82, 2.24) is 14.9 Å². The molecule has 0 bridgehead atoms. The lowest BCUT2D eigenvalue weighted by Gasteiger charge is -2.04. The van der Waals surface area contributed by atoms with Crippen LogP contribution in [0.3, 0.4) is 0 Å². The fourth-order valence-electron chi connectivity index (χ4n) is 1.79. The second-order valence-corrected chi connectivity index (χ2v) is 6.68. The van der Waals surface area contributed by atoms with Crippen molar-refractivity contribution in [2.75, 3.05) is 19.0 Å². The predicted molar refractivity (Wildman–Crippen MR) is 84.7 cm³/mol. The van der Waals surface area contributed by atoms with E-state index < -0.39 is 10.0 Å². The number of aromatic nitrogens is 2. The van der Waals surface area contributed by atoms with Gasteiger partial charge in [0.15, 0.2) is 0 Å². The van der Waals surface area contributed by atoms with Crippen LogP contribution < -0.4 is 10.5 Å². The molecule has 23 heavy (non-hydrogen) atoms. The fourth-order valence-corrected chi connectivity index (χ4v) is 2.62. The normalized spacial score (nSPS) is 11.7. The van der Waals surface area contributed by atoms with Gasteiger partial charge in [0.05, 0.1) is 18.9 Å². The van der Waals surface area contributed by atoms with Gasteiger partial charge in [-0.2, -0.15) is 4.98 Å². The summed E-state index contributed by atoms with van der Waals surface area (Å²) in [5.74, 6) is 0.488. The molecule has 0 fully saturated rings. The molecule has 1 heterocycles. The average Bonchev–Trinajstić information content (AvgIpc) is 3.02. The first-order chi connectivity index (χ1) is 11.0. The molecule has 126 valence electrons. The number of benzene rings is 1. The molecule has 0 spiro atoms. The lowest BCUT2D eigenvalue weighted by Crippen LogP contribution is -2.28. The summed E-state index contributed by atoms with van der Waals surface area (Å²) in [7, 11) is -3.43. The zero-order valence-corrected chi connectivity index (χ0v) is 13.7. The monoisotopic (exact) mass is 340 g/mol. The van der Waals surface area contributed by atoms with Gasteiger partial charge in [0.2, 0.25) is 21.7 Å². The third-order valence-electron chi connectivity index (χ3n) is 3.06. The first-order valence-electron chi connectivity index (χ1n) is 7.21. The summed E-state index contributed by atoms with van der Waals surface area (Å²) in [6, 6.07) is 7.43. The Kier molecular flexibility index (Phi) is 6.22. The van der Waals surface area contributed by atoms with Crippen LogP contribution >= 0.6 is 0 Å². The minimum Gasteiger partial charge on any atom is -0.381 e. The van der Waals surface area contributed by atoms with Crippen molar-refractivity contribution >= 4 is 10.0 Å². The summed E-state index contributed by atoms with van der Waals surface area (Å²) in [5, 5.41) is 3.84. The van der Waals surface area contributed by atoms with Crippen LogP contribution in [0.4, 0.5) is 0 Å². The Morgan fingerprint density at radius 3 is 2.70 bits per heavy atom. The van der Waals surface area contributed by atoms with Gasteiger partial charge in [0, 0.05) is 18.7 Å². The molecule has 1 aromatic heterocycles. The first kappa shape index (κ1) is 17.5. The molecular formula is C14H20N4O4S. The zero-order chi connectivity index (χ0) is 16.7. The number of nitrogens with one attached hydrogen (secondary N) is 1. The highest BCUT2D eigenvalue weighted by Crippen LogP contribution is 2.16. The molecule has 2 aromatic rings. The Hall–Kier alpha value is -1.81. The number of sulfonamides is 1. The molecule has 9 heteroatoms. The minimum atomic E-state index is -3.43. The number of hydrogen-bond acceptors (Lipinski definition) is 7. The maximum absolute atomic E-state index is 11.7. The van der Waals surface area contributed by atoms with E-state index in [1.807, 2.05) is 24.3 Å². The second kappa shape index (κ2) is 8.16. The summed E-state index contributed by atoms with van der Waals surface area (Å²) in [6.45, 7) is 2.84. The molecule has 3 N–H and O–H groups in total. The van der Waals surface area contributed by atoms with E-state index in [0.717, 1.165) is 11.1 Å². The number of nitrogens with zero attached hydrogens (tertiary/aromatic N) is 2. The van der Waals surface area contributed by atoms with Gasteiger partial charge in [-0.3, -0.25) is 0 Å². The van der Waals surface area contributed by atoms with Crippen LogP contribution in [0.15, 0.2) is 28.8 Å². The number of rotatable bonds is 9. The highest BCUT2D eigenvalue weighted by Gasteiger charge is 2.13. The molecule has 0 unspecified atom stereocenters. The largest absolute Gasteiger partial charge is 0.381 e. The average molecular weight is 340 g/mol. The standard InChI is InChI=1S/C14H20N4O4S/c1-2-21-7-8-23(19,20)16-10-13-17-14(18-22-13)12-5-3-11(9-15)4-6-12/h3-6,16H,2,7-10,15H2,1H3. The van der Waals surface area contributed by atoms with Crippen LogP contribution in [-0.4, -0.2) is 37.5 Å². The highest BCUT2D eigenvalue weighted by molar-refractivity contribution is 7.89. The molecule has 2 rings (SSSR count). The SMILES string of the molecule is CCOCCS(=O)(=O)NCc1nc(-c2ccc(CN)cc2)no1. The Bertz CT molecular complexity index is 713. The van der Waals surface area contributed by atoms with Gasteiger partial charge >= 0.3 is 0 Å². The molecular weight excluding hydrogens is 320 g/mol. The van der Waals surface area contributed by atoms with Crippen molar-refractivity contribution in [2.24, 2.45) is 5.73 Å². The summed E-state index contributed by atoms with van der Waals surface area (Å²) in [6.07, 6.45) is 0. The molecule has 0 amide bonds. The molecule has 0 aliphatic heterocycles. The Morgan fingerprint density at radius 2 is 2.04 bits per heavy atom. The first-order valence-corrected chi connectivity index (χ1v) is 8.86. The molecule has 0 aliphatic rings. The molecule has 0 radical (unpaired) electrons. The second-order valence-electron chi connectivity index (χ2n) is 4.75. The molecule has 0 saturated carbocycles. The van der Waals surface area contributed by atoms with E-state index in [0.29, 0.717) is 19.0 Å². The molecule has 0 saturated heterocycles. The van der Waals surface area contributed by atoms with Crippen molar-refractivity contribution in [3.8, 4) is 11.4 Å². The van der Waals surface area contributed by atoms with Gasteiger partial charge in [-0.1, -0.05) is 29.4 Å². The number of nitrogens with two attached hydrogens (primary N) is 1. The predicted octanol–water partition coefficient (Wildman–Crippen LogP) is 0.651. The lowest BCUT2D eigenvalue weighted by molar-refractivity contribution is 0.163. The van der Waals surface area contributed by atoms with Crippen LogP contribution in [-0.2, 0) is 27.8 Å². The van der Waals surface area contributed by atoms with Crippen molar-refractivity contribution in [3.05, 3.63) is 35.7 Å². The van der Waals surface area contributed by atoms with Crippen LogP contribution in [0.5, 0.6) is 0 Å². The van der Waals surface area contributed by atoms with Gasteiger partial charge in [-0.05, 0) is 12.5 Å². The summed E-state index contributed by atoms with van der Waals surface area (Å²) in [5.41, 5.74) is 7.32. The Balaban J connectivity index is 1.94. The van der Waals surface area contributed by atoms with E-state index in [1.54, 1.807) is 6.92 Å². The molecule has 0 atom stereocenters. The third kappa shape index (κ3) is 5.39. The van der Waals surface area contributed by atoms with E-state index in [-0.39, 0.29) is 24.8 Å². The maximum atomic E-state index is 11.7. The van der Waals surface area contributed by atoms with E-state index in [1.165, 1.54) is 0 Å². The summed E-state index contributed by atoms with van der Waals surface area (Å²) >= 11 is 0. The number of hydrogen-bond donors (Lipinski definition) is 2. The van der Waals surface area contributed by atoms with Crippen molar-refractivity contribution in [3.63, 3.8) is 0 Å². The summed E-state index contributed by atoms with van der Waals surface area (Å²) in [4.78, 5) is 4.17. The van der Waals surface area contributed by atoms with Gasteiger partial charge in [0.25, 0.3) is 0 Å². The van der Waals surface area contributed by atoms with Crippen LogP contribution in [0, 0.1) is 0 Å². The van der Waals surface area contributed by atoms with Gasteiger partial charge in [0.1, 0.15) is 0 Å². The van der Waals surface area contributed by atoms with Gasteiger partial charge in [-0.25, -0.2) is 13.1 Å². The molecule has 8 nitrogen and oxygen atoms in total. The highest BCUT2D eigenvalue weighted by atomic mass is 32.2. The van der Waals surface area contributed by atoms with Crippen molar-refractivity contribution in [1.29, 1.82) is 0 Å². The van der Waals surface area contributed by atoms with E-state index >= 15 is 0 Å². The minimum absolute atomic E-state index is 0.0532. The quantitative estimate of drug-likeness (QED) is 0.643. The zero-order valence-electron chi connectivity index (χ0n) is 12.9. The van der Waals surface area contributed by atoms with Crippen molar-refractivity contribution in [2.45, 2.75) is 20.0 Å². The Morgan fingerprint density at radius 1 is 1.30 bits per heavy atom. The third-order valence-corrected chi connectivity index (χ3v) is 4.35. The van der Waals surface area contributed by atoms with Gasteiger partial charge < -0.3 is 15.0 Å². The van der Waals surface area contributed by atoms with Crippen LogP contribution in [0.1, 0.15) is 18.4 Å². The lowest BCUT2D eigenvalue weighted by atomic mass is 10.1. The van der Waals surface area contributed by atoms with Crippen LogP contribution in [0.25, 0.3) is 11.4 Å². The topological polar surface area (TPSA) is 120 Å². The molecule has 0 aliphatic carbocycles. The maximum Gasteiger partial charge on any atom is 0.242 e. The van der Waals surface area contributed by atoms with Crippen LogP contribution in [0.2, 0.25) is 0 Å². The van der Waals surface area contributed by atoms with Gasteiger partial charge in [-0.15, -0.1) is 0 Å². The number of ether oxygens (including phenoxy) is 1. The van der Waals surface area contributed by atoms with E-state index in [4.69, 9.17) is 15.0 Å². The fraction of sp³-hybridized carbons (Fsp3) is 0.429. The molecule has 1 aromatic carbocycles.